The summed E-state index contributed by atoms with van der Waals surface area (Å²) in [5.74, 6) is 1.06. The van der Waals surface area contributed by atoms with Crippen LogP contribution < -0.4 is 5.32 Å². The molecular weight excluding hydrogens is 306 g/mol. The minimum absolute atomic E-state index is 0.0433. The molecule has 0 bridgehead atoms. The third kappa shape index (κ3) is 3.55. The van der Waals surface area contributed by atoms with Crippen LogP contribution in [0.5, 0.6) is 0 Å². The Hall–Kier alpha value is -2.29. The Morgan fingerprint density at radius 1 is 0.880 bits per heavy atom. The van der Waals surface area contributed by atoms with E-state index in [1.165, 1.54) is 11.3 Å². The molecule has 0 aliphatic heterocycles. The van der Waals surface area contributed by atoms with Crippen molar-refractivity contribution < 1.29 is 0 Å². The summed E-state index contributed by atoms with van der Waals surface area (Å²) >= 11 is 0. The number of hydrogen-bond donors (Lipinski definition) is 1. The molecule has 0 spiro atoms. The van der Waals surface area contributed by atoms with E-state index < -0.39 is 0 Å². The van der Waals surface area contributed by atoms with E-state index in [0.717, 1.165) is 22.7 Å². The number of nitrogens with one attached hydrogen (secondary N) is 1. The molecule has 3 heteroatoms. The molecule has 0 fully saturated rings. The zero-order valence-corrected chi connectivity index (χ0v) is 16.4. The maximum Gasteiger partial charge on any atom is 0.139 e. The molecule has 25 heavy (non-hydrogen) atoms. The van der Waals surface area contributed by atoms with E-state index in [0.29, 0.717) is 0 Å². The van der Waals surface area contributed by atoms with Crippen LogP contribution in [0.25, 0.3) is 16.9 Å². The zero-order valence-electron chi connectivity index (χ0n) is 16.4. The van der Waals surface area contributed by atoms with Gasteiger partial charge in [-0.25, -0.2) is 4.98 Å². The Balaban J connectivity index is 2.18. The van der Waals surface area contributed by atoms with E-state index in [4.69, 9.17) is 4.98 Å². The molecule has 0 radical (unpaired) electrons. The molecule has 132 valence electrons. The normalized spacial score (nSPS) is 12.6. The Morgan fingerprint density at radius 3 is 2.08 bits per heavy atom. The summed E-state index contributed by atoms with van der Waals surface area (Å²) in [5.41, 5.74) is 5.74. The van der Waals surface area contributed by atoms with Gasteiger partial charge in [0.05, 0.1) is 0 Å². The van der Waals surface area contributed by atoms with Crippen molar-refractivity contribution in [3.05, 3.63) is 53.7 Å². The number of aryl methyl sites for hydroxylation is 1. The van der Waals surface area contributed by atoms with Gasteiger partial charge in [-0.05, 0) is 50.8 Å². The maximum absolute atomic E-state index is 4.92. The maximum atomic E-state index is 4.92. The highest BCUT2D eigenvalue weighted by Gasteiger charge is 2.21. The van der Waals surface area contributed by atoms with E-state index >= 15 is 0 Å². The van der Waals surface area contributed by atoms with Crippen molar-refractivity contribution in [2.24, 2.45) is 0 Å². The molecular formula is C22H29N3. The van der Waals surface area contributed by atoms with Crippen molar-refractivity contribution in [3.8, 4) is 11.3 Å². The average molecular weight is 335 g/mol. The van der Waals surface area contributed by atoms with Gasteiger partial charge in [-0.1, -0.05) is 51.1 Å². The van der Waals surface area contributed by atoms with E-state index in [1.54, 1.807) is 0 Å². The fourth-order valence-corrected chi connectivity index (χ4v) is 3.05. The lowest BCUT2D eigenvalue weighted by Crippen LogP contribution is -2.27. The smallest absolute Gasteiger partial charge is 0.139 e. The van der Waals surface area contributed by atoms with Crippen molar-refractivity contribution in [2.75, 3.05) is 5.32 Å². The highest BCUT2D eigenvalue weighted by molar-refractivity contribution is 5.77. The predicted molar refractivity (Wildman–Crippen MR) is 107 cm³/mol. The molecule has 1 N–H and O–H groups in total. The first-order chi connectivity index (χ1) is 11.6. The Kier molecular flexibility index (Phi) is 4.14. The quantitative estimate of drug-likeness (QED) is 0.639. The van der Waals surface area contributed by atoms with Crippen molar-refractivity contribution in [2.45, 2.75) is 59.4 Å². The third-order valence-corrected chi connectivity index (χ3v) is 4.36. The molecule has 0 unspecified atom stereocenters. The van der Waals surface area contributed by atoms with Crippen LogP contribution in [0.4, 0.5) is 5.82 Å². The molecule has 0 saturated carbocycles. The number of imidazole rings is 1. The van der Waals surface area contributed by atoms with E-state index in [-0.39, 0.29) is 11.0 Å². The first kappa shape index (κ1) is 17.5. The number of pyridine rings is 1. The molecule has 0 aliphatic rings. The Morgan fingerprint density at radius 2 is 1.52 bits per heavy atom. The van der Waals surface area contributed by atoms with Gasteiger partial charge >= 0.3 is 0 Å². The molecule has 0 amide bonds. The number of nitrogens with zero attached hydrogens (tertiary/aromatic N) is 2. The minimum atomic E-state index is -0.0433. The summed E-state index contributed by atoms with van der Waals surface area (Å²) in [6.07, 6.45) is 0. The van der Waals surface area contributed by atoms with Gasteiger partial charge in [0.1, 0.15) is 17.2 Å². The second-order valence-electron chi connectivity index (χ2n) is 8.87. The van der Waals surface area contributed by atoms with Crippen LogP contribution in [0.3, 0.4) is 0 Å². The van der Waals surface area contributed by atoms with Gasteiger partial charge in [-0.2, -0.15) is 0 Å². The Bertz CT molecular complexity index is 888. The van der Waals surface area contributed by atoms with Gasteiger partial charge in [0, 0.05) is 16.8 Å². The SMILES string of the molecule is Cc1cccc2nc(-c3ccc(C(C)(C)C)cc3)c(NC(C)(C)C)n12. The van der Waals surface area contributed by atoms with Crippen LogP contribution in [-0.2, 0) is 5.41 Å². The van der Waals surface area contributed by atoms with Crippen molar-refractivity contribution >= 4 is 11.5 Å². The molecule has 3 nitrogen and oxygen atoms in total. The fourth-order valence-electron chi connectivity index (χ4n) is 3.05. The molecule has 2 aromatic heterocycles. The van der Waals surface area contributed by atoms with Crippen LogP contribution >= 0.6 is 0 Å². The van der Waals surface area contributed by atoms with E-state index in [2.05, 4.69) is 101 Å². The molecule has 0 saturated heterocycles. The predicted octanol–water partition coefficient (Wildman–Crippen LogP) is 5.82. The van der Waals surface area contributed by atoms with Crippen LogP contribution in [0.2, 0.25) is 0 Å². The van der Waals surface area contributed by atoms with Crippen LogP contribution in [0.15, 0.2) is 42.5 Å². The van der Waals surface area contributed by atoms with Crippen molar-refractivity contribution in [1.29, 1.82) is 0 Å². The van der Waals surface area contributed by atoms with E-state index in [1.807, 2.05) is 0 Å². The summed E-state index contributed by atoms with van der Waals surface area (Å²) < 4.78 is 2.21. The molecule has 1 aromatic carbocycles. The highest BCUT2D eigenvalue weighted by atomic mass is 15.2. The van der Waals surface area contributed by atoms with Gasteiger partial charge in [-0.15, -0.1) is 0 Å². The molecule has 0 aliphatic carbocycles. The lowest BCUT2D eigenvalue weighted by molar-refractivity contribution is 0.590. The molecule has 2 heterocycles. The van der Waals surface area contributed by atoms with Gasteiger partial charge in [0.2, 0.25) is 0 Å². The Labute approximate surface area is 151 Å². The number of hydrogen-bond acceptors (Lipinski definition) is 2. The van der Waals surface area contributed by atoms with Gasteiger partial charge < -0.3 is 5.32 Å². The number of benzene rings is 1. The lowest BCUT2D eigenvalue weighted by Gasteiger charge is -2.23. The van der Waals surface area contributed by atoms with Gasteiger partial charge in [-0.3, -0.25) is 4.40 Å². The van der Waals surface area contributed by atoms with Crippen molar-refractivity contribution in [1.82, 2.24) is 9.38 Å². The first-order valence-electron chi connectivity index (χ1n) is 8.93. The molecule has 3 aromatic rings. The summed E-state index contributed by atoms with van der Waals surface area (Å²) in [6, 6.07) is 15.0. The summed E-state index contributed by atoms with van der Waals surface area (Å²) in [5, 5.41) is 3.66. The average Bonchev–Trinajstić information content (AvgIpc) is 2.84. The van der Waals surface area contributed by atoms with Crippen LogP contribution in [-0.4, -0.2) is 14.9 Å². The van der Waals surface area contributed by atoms with Gasteiger partial charge in [0.15, 0.2) is 0 Å². The lowest BCUT2D eigenvalue weighted by atomic mass is 9.86. The third-order valence-electron chi connectivity index (χ3n) is 4.36. The summed E-state index contributed by atoms with van der Waals surface area (Å²) in [7, 11) is 0. The minimum Gasteiger partial charge on any atom is -0.365 e. The standard InChI is InChI=1S/C22H29N3/c1-15-9-8-10-18-23-19(20(25(15)18)24-22(5,6)7)16-11-13-17(14-12-16)21(2,3)4/h8-14,24H,1-7H3. The second kappa shape index (κ2) is 5.91. The summed E-state index contributed by atoms with van der Waals surface area (Å²) in [4.78, 5) is 4.92. The van der Waals surface area contributed by atoms with Crippen LogP contribution in [0.1, 0.15) is 52.8 Å². The number of rotatable bonds is 2. The fraction of sp³-hybridized carbons (Fsp3) is 0.409. The summed E-state index contributed by atoms with van der Waals surface area (Å²) in [6.45, 7) is 15.4. The topological polar surface area (TPSA) is 29.3 Å². The molecule has 3 rings (SSSR count). The zero-order chi connectivity index (χ0) is 18.4. The monoisotopic (exact) mass is 335 g/mol. The van der Waals surface area contributed by atoms with E-state index in [9.17, 15) is 0 Å². The highest BCUT2D eigenvalue weighted by Crippen LogP contribution is 2.33. The van der Waals surface area contributed by atoms with Gasteiger partial charge in [0.25, 0.3) is 0 Å². The number of anilines is 1. The van der Waals surface area contributed by atoms with Crippen molar-refractivity contribution in [3.63, 3.8) is 0 Å². The first-order valence-corrected chi connectivity index (χ1v) is 8.93. The van der Waals surface area contributed by atoms with Crippen LogP contribution in [0, 0.1) is 6.92 Å². The number of fused-ring (bicyclic) bond motifs is 1. The second-order valence-corrected chi connectivity index (χ2v) is 8.87. The largest absolute Gasteiger partial charge is 0.365 e. The molecule has 0 atom stereocenters. The number of aromatic nitrogens is 2.